The van der Waals surface area contributed by atoms with Gasteiger partial charge in [0.1, 0.15) is 0 Å². The van der Waals surface area contributed by atoms with Crippen LogP contribution in [0.15, 0.2) is 41.4 Å². The first-order valence-electron chi connectivity index (χ1n) is 6.34. The highest BCUT2D eigenvalue weighted by Crippen LogP contribution is 2.23. The molecule has 7 heteroatoms. The molecule has 112 valence electrons. The monoisotopic (exact) mass is 326 g/mol. The van der Waals surface area contributed by atoms with Crippen molar-refractivity contribution in [1.29, 1.82) is 0 Å². The fraction of sp³-hybridized carbons (Fsp3) is 0.214. The number of aryl methyl sites for hydroxylation is 1. The summed E-state index contributed by atoms with van der Waals surface area (Å²) in [7, 11) is -3.80. The molecule has 1 aromatic heterocycles. The number of rotatable bonds is 5. The number of pyridine rings is 1. The Morgan fingerprint density at radius 1 is 1.29 bits per heavy atom. The van der Waals surface area contributed by atoms with E-state index in [0.29, 0.717) is 5.56 Å². The molecule has 0 aliphatic carbocycles. The maximum Gasteiger partial charge on any atom is 0.263 e. The third-order valence-corrected chi connectivity index (χ3v) is 4.67. The van der Waals surface area contributed by atoms with Crippen LogP contribution >= 0.6 is 11.6 Å². The summed E-state index contributed by atoms with van der Waals surface area (Å²) in [6.07, 6.45) is 2.17. The molecule has 0 spiro atoms. The van der Waals surface area contributed by atoms with Crippen LogP contribution in [0.25, 0.3) is 0 Å². The number of anilines is 1. The quantitative estimate of drug-likeness (QED) is 0.885. The van der Waals surface area contributed by atoms with Crippen LogP contribution in [0.2, 0.25) is 5.02 Å². The van der Waals surface area contributed by atoms with E-state index in [0.717, 1.165) is 12.0 Å². The summed E-state index contributed by atoms with van der Waals surface area (Å²) in [5, 5.41) is 9.54. The second-order valence-corrected chi connectivity index (χ2v) is 6.47. The molecular weight excluding hydrogens is 312 g/mol. The summed E-state index contributed by atoms with van der Waals surface area (Å²) < 4.78 is 27.0. The van der Waals surface area contributed by atoms with Crippen molar-refractivity contribution in [1.82, 2.24) is 4.98 Å². The lowest BCUT2D eigenvalue weighted by atomic mass is 10.1. The zero-order valence-electron chi connectivity index (χ0n) is 11.4. The number of nitrogens with zero attached hydrogens (tertiary/aromatic N) is 1. The van der Waals surface area contributed by atoms with E-state index in [1.54, 1.807) is 18.2 Å². The maximum atomic E-state index is 12.3. The van der Waals surface area contributed by atoms with Crippen molar-refractivity contribution in [3.8, 4) is 0 Å². The Morgan fingerprint density at radius 3 is 2.67 bits per heavy atom. The summed E-state index contributed by atoms with van der Waals surface area (Å²) in [6.45, 7) is 1.73. The van der Waals surface area contributed by atoms with Crippen LogP contribution in [0.5, 0.6) is 0 Å². The average Bonchev–Trinajstić information content (AvgIpc) is 2.48. The molecule has 0 radical (unpaired) electrons. The maximum absolute atomic E-state index is 12.3. The zero-order valence-corrected chi connectivity index (χ0v) is 12.9. The number of sulfonamides is 1. The summed E-state index contributed by atoms with van der Waals surface area (Å²) in [4.78, 5) is 3.95. The van der Waals surface area contributed by atoms with Crippen LogP contribution < -0.4 is 4.72 Å². The van der Waals surface area contributed by atoms with Crippen molar-refractivity contribution in [3.05, 3.63) is 52.7 Å². The van der Waals surface area contributed by atoms with Crippen LogP contribution in [0.3, 0.4) is 0 Å². The van der Waals surface area contributed by atoms with E-state index in [2.05, 4.69) is 9.71 Å². The first-order chi connectivity index (χ1) is 9.97. The first kappa shape index (κ1) is 15.8. The molecule has 0 fully saturated rings. The number of aliphatic hydroxyl groups excluding tert-OH is 1. The highest BCUT2D eigenvalue weighted by Gasteiger charge is 2.17. The van der Waals surface area contributed by atoms with Crippen LogP contribution in [0.4, 0.5) is 5.82 Å². The number of benzene rings is 1. The molecule has 21 heavy (non-hydrogen) atoms. The minimum atomic E-state index is -3.80. The third kappa shape index (κ3) is 3.53. The van der Waals surface area contributed by atoms with Crippen molar-refractivity contribution in [2.45, 2.75) is 24.8 Å². The second kappa shape index (κ2) is 6.43. The molecule has 2 aromatic rings. The Hall–Kier alpha value is -1.63. The van der Waals surface area contributed by atoms with Gasteiger partial charge in [-0.2, -0.15) is 0 Å². The van der Waals surface area contributed by atoms with Crippen molar-refractivity contribution in [2.75, 3.05) is 4.72 Å². The van der Waals surface area contributed by atoms with Gasteiger partial charge in [-0.15, -0.1) is 0 Å². The SMILES string of the molecule is CCc1ccc(S(=O)(=O)Nc2ncccc2Cl)cc1CO. The lowest BCUT2D eigenvalue weighted by Crippen LogP contribution is -2.15. The van der Waals surface area contributed by atoms with Gasteiger partial charge in [-0.3, -0.25) is 4.72 Å². The van der Waals surface area contributed by atoms with E-state index in [1.807, 2.05) is 6.92 Å². The first-order valence-corrected chi connectivity index (χ1v) is 8.20. The predicted octanol–water partition coefficient (Wildman–Crippen LogP) is 2.59. The van der Waals surface area contributed by atoms with Gasteiger partial charge in [-0.25, -0.2) is 13.4 Å². The fourth-order valence-electron chi connectivity index (χ4n) is 1.91. The Balaban J connectivity index is 2.38. The Bertz CT molecular complexity index is 748. The van der Waals surface area contributed by atoms with E-state index in [4.69, 9.17) is 11.6 Å². The number of halogens is 1. The van der Waals surface area contributed by atoms with E-state index in [-0.39, 0.29) is 22.3 Å². The molecule has 0 aliphatic heterocycles. The number of aromatic nitrogens is 1. The second-order valence-electron chi connectivity index (χ2n) is 4.38. The number of aliphatic hydroxyl groups is 1. The topological polar surface area (TPSA) is 79.3 Å². The number of hydrogen-bond acceptors (Lipinski definition) is 4. The van der Waals surface area contributed by atoms with Gasteiger partial charge in [0.2, 0.25) is 0 Å². The molecule has 1 aromatic carbocycles. The number of nitrogens with one attached hydrogen (secondary N) is 1. The van der Waals surface area contributed by atoms with Gasteiger partial charge in [0.05, 0.1) is 16.5 Å². The summed E-state index contributed by atoms with van der Waals surface area (Å²) >= 11 is 5.89. The van der Waals surface area contributed by atoms with Crippen LogP contribution in [-0.4, -0.2) is 18.5 Å². The molecular formula is C14H15ClN2O3S. The average molecular weight is 327 g/mol. The predicted molar refractivity (Wildman–Crippen MR) is 81.8 cm³/mol. The molecule has 0 saturated heterocycles. The Labute approximate surface area is 128 Å². The molecule has 0 saturated carbocycles. The molecule has 0 atom stereocenters. The molecule has 2 rings (SSSR count). The van der Waals surface area contributed by atoms with Crippen molar-refractivity contribution in [3.63, 3.8) is 0 Å². The van der Waals surface area contributed by atoms with Gasteiger partial charge in [0, 0.05) is 6.20 Å². The molecule has 0 aliphatic rings. The fourth-order valence-corrected chi connectivity index (χ4v) is 3.21. The zero-order chi connectivity index (χ0) is 15.5. The highest BCUT2D eigenvalue weighted by molar-refractivity contribution is 7.92. The Kier molecular flexibility index (Phi) is 4.82. The minimum absolute atomic E-state index is 0.0606. The van der Waals surface area contributed by atoms with Gasteiger partial charge in [0.15, 0.2) is 5.82 Å². The van der Waals surface area contributed by atoms with Gasteiger partial charge in [0.25, 0.3) is 10.0 Å². The smallest absolute Gasteiger partial charge is 0.263 e. The highest BCUT2D eigenvalue weighted by atomic mass is 35.5. The van der Waals surface area contributed by atoms with E-state index >= 15 is 0 Å². The minimum Gasteiger partial charge on any atom is -0.392 e. The van der Waals surface area contributed by atoms with E-state index in [9.17, 15) is 13.5 Å². The third-order valence-electron chi connectivity index (χ3n) is 3.03. The normalized spacial score (nSPS) is 11.4. The van der Waals surface area contributed by atoms with Crippen LogP contribution in [-0.2, 0) is 23.1 Å². The summed E-state index contributed by atoms with van der Waals surface area (Å²) in [5.74, 6) is 0.0734. The number of hydrogen-bond donors (Lipinski definition) is 2. The lowest BCUT2D eigenvalue weighted by molar-refractivity contribution is 0.280. The van der Waals surface area contributed by atoms with E-state index in [1.165, 1.54) is 18.3 Å². The van der Waals surface area contributed by atoms with Crippen LogP contribution in [0.1, 0.15) is 18.1 Å². The van der Waals surface area contributed by atoms with Gasteiger partial charge < -0.3 is 5.11 Å². The lowest BCUT2D eigenvalue weighted by Gasteiger charge is -2.11. The summed E-state index contributed by atoms with van der Waals surface area (Å²) in [6, 6.07) is 7.81. The van der Waals surface area contributed by atoms with Crippen molar-refractivity contribution in [2.24, 2.45) is 0 Å². The molecule has 0 amide bonds. The molecule has 0 unspecified atom stereocenters. The largest absolute Gasteiger partial charge is 0.392 e. The van der Waals surface area contributed by atoms with Gasteiger partial charge in [-0.1, -0.05) is 24.6 Å². The van der Waals surface area contributed by atoms with Crippen molar-refractivity contribution >= 4 is 27.4 Å². The van der Waals surface area contributed by atoms with Crippen molar-refractivity contribution < 1.29 is 13.5 Å². The van der Waals surface area contributed by atoms with Crippen LogP contribution in [0, 0.1) is 0 Å². The summed E-state index contributed by atoms with van der Waals surface area (Å²) in [5.41, 5.74) is 1.50. The molecule has 5 nitrogen and oxygen atoms in total. The molecule has 2 N–H and O–H groups in total. The van der Waals surface area contributed by atoms with E-state index < -0.39 is 10.0 Å². The van der Waals surface area contributed by atoms with Gasteiger partial charge >= 0.3 is 0 Å². The molecule has 0 bridgehead atoms. The van der Waals surface area contributed by atoms with Gasteiger partial charge in [-0.05, 0) is 41.8 Å². The standard InChI is InChI=1S/C14H15ClN2O3S/c1-2-10-5-6-12(8-11(10)9-18)21(19,20)17-14-13(15)4-3-7-16-14/h3-8,18H,2,9H2,1H3,(H,16,17). The molecule has 1 heterocycles. The Morgan fingerprint density at radius 2 is 2.05 bits per heavy atom.